The zero-order chi connectivity index (χ0) is 14.8. The average Bonchev–Trinajstić information content (AvgIpc) is 2.44. The van der Waals surface area contributed by atoms with E-state index in [4.69, 9.17) is 9.47 Å². The number of ether oxygens (including phenoxy) is 2. The van der Waals surface area contributed by atoms with Gasteiger partial charge in [-0.3, -0.25) is 14.4 Å². The molecule has 0 aliphatic rings. The molecule has 20 heavy (non-hydrogen) atoms. The summed E-state index contributed by atoms with van der Waals surface area (Å²) >= 11 is 0. The molecule has 0 spiro atoms. The van der Waals surface area contributed by atoms with Crippen molar-refractivity contribution in [3.05, 3.63) is 29.8 Å². The molecule has 1 aromatic rings. The monoisotopic (exact) mass is 278 g/mol. The van der Waals surface area contributed by atoms with Gasteiger partial charge < -0.3 is 9.47 Å². The fraction of sp³-hybridized carbons (Fsp3) is 0.400. The fourth-order valence-corrected chi connectivity index (χ4v) is 1.62. The lowest BCUT2D eigenvalue weighted by Gasteiger charge is -2.06. The third-order valence-corrected chi connectivity index (χ3v) is 2.59. The minimum Gasteiger partial charge on any atom is -0.466 e. The standard InChI is InChI=1S/C15H18O5/c1-2-19-14(17)9-5-6-10-15(18)20-13-8-4-3-7-12(13)11-16/h3-4,7-8,11H,2,5-6,9-10H2,1H3. The van der Waals surface area contributed by atoms with Crippen molar-refractivity contribution in [1.82, 2.24) is 0 Å². The van der Waals surface area contributed by atoms with E-state index in [9.17, 15) is 14.4 Å². The molecule has 1 aromatic carbocycles. The molecule has 0 bridgehead atoms. The van der Waals surface area contributed by atoms with Crippen LogP contribution in [-0.4, -0.2) is 24.8 Å². The van der Waals surface area contributed by atoms with Crippen LogP contribution in [0.4, 0.5) is 0 Å². The van der Waals surface area contributed by atoms with Crippen LogP contribution in [0.5, 0.6) is 5.75 Å². The third kappa shape index (κ3) is 5.65. The van der Waals surface area contributed by atoms with E-state index in [-0.39, 0.29) is 18.1 Å². The van der Waals surface area contributed by atoms with E-state index in [1.807, 2.05) is 0 Å². The largest absolute Gasteiger partial charge is 0.466 e. The molecule has 0 saturated heterocycles. The summed E-state index contributed by atoms with van der Waals surface area (Å²) in [6, 6.07) is 6.54. The van der Waals surface area contributed by atoms with E-state index < -0.39 is 5.97 Å². The van der Waals surface area contributed by atoms with E-state index in [0.717, 1.165) is 0 Å². The number of hydrogen-bond donors (Lipinski definition) is 0. The first-order chi connectivity index (χ1) is 9.67. The number of para-hydroxylation sites is 1. The molecule has 5 heteroatoms. The SMILES string of the molecule is CCOC(=O)CCCCC(=O)Oc1ccccc1C=O. The van der Waals surface area contributed by atoms with Crippen molar-refractivity contribution < 1.29 is 23.9 Å². The van der Waals surface area contributed by atoms with Crippen molar-refractivity contribution in [1.29, 1.82) is 0 Å². The Hall–Kier alpha value is -2.17. The molecule has 108 valence electrons. The first-order valence-corrected chi connectivity index (χ1v) is 6.58. The molecule has 0 fully saturated rings. The van der Waals surface area contributed by atoms with Gasteiger partial charge in [0.15, 0.2) is 6.29 Å². The molecule has 0 amide bonds. The maximum atomic E-state index is 11.6. The van der Waals surface area contributed by atoms with Gasteiger partial charge >= 0.3 is 11.9 Å². The lowest BCUT2D eigenvalue weighted by molar-refractivity contribution is -0.143. The number of carbonyl (C=O) groups excluding carboxylic acids is 3. The van der Waals surface area contributed by atoms with Crippen LogP contribution in [0.15, 0.2) is 24.3 Å². The van der Waals surface area contributed by atoms with Gasteiger partial charge in [0.05, 0.1) is 12.2 Å². The summed E-state index contributed by atoms with van der Waals surface area (Å²) in [6.45, 7) is 2.11. The number of unbranched alkanes of at least 4 members (excludes halogenated alkanes) is 1. The molecule has 0 saturated carbocycles. The summed E-state index contributed by atoms with van der Waals surface area (Å²) in [4.78, 5) is 33.4. The molecule has 0 aromatic heterocycles. The number of benzene rings is 1. The second kappa shape index (κ2) is 8.85. The van der Waals surface area contributed by atoms with Crippen molar-refractivity contribution in [2.24, 2.45) is 0 Å². The Morgan fingerprint density at radius 1 is 1.10 bits per heavy atom. The summed E-state index contributed by atoms with van der Waals surface area (Å²) in [7, 11) is 0. The van der Waals surface area contributed by atoms with Gasteiger partial charge in [-0.05, 0) is 31.9 Å². The first-order valence-electron chi connectivity index (χ1n) is 6.58. The summed E-state index contributed by atoms with van der Waals surface area (Å²) in [5, 5.41) is 0. The van der Waals surface area contributed by atoms with Gasteiger partial charge in [-0.15, -0.1) is 0 Å². The van der Waals surface area contributed by atoms with Crippen molar-refractivity contribution in [2.45, 2.75) is 32.6 Å². The molecule has 0 unspecified atom stereocenters. The predicted molar refractivity (Wildman–Crippen MR) is 72.6 cm³/mol. The van der Waals surface area contributed by atoms with Crippen LogP contribution in [0, 0.1) is 0 Å². The van der Waals surface area contributed by atoms with Crippen molar-refractivity contribution in [3.8, 4) is 5.75 Å². The molecule has 0 atom stereocenters. The molecule has 0 heterocycles. The summed E-state index contributed by atoms with van der Waals surface area (Å²) in [5.74, 6) is -0.409. The van der Waals surface area contributed by atoms with Crippen LogP contribution in [0.3, 0.4) is 0 Å². The minimum atomic E-state index is -0.414. The number of aldehydes is 1. The lowest BCUT2D eigenvalue weighted by atomic mass is 10.2. The van der Waals surface area contributed by atoms with Crippen molar-refractivity contribution in [2.75, 3.05) is 6.61 Å². The molecule has 0 aliphatic carbocycles. The van der Waals surface area contributed by atoms with Crippen LogP contribution < -0.4 is 4.74 Å². The topological polar surface area (TPSA) is 69.7 Å². The van der Waals surface area contributed by atoms with Gasteiger partial charge in [-0.2, -0.15) is 0 Å². The molecular weight excluding hydrogens is 260 g/mol. The Labute approximate surface area is 117 Å². The van der Waals surface area contributed by atoms with Gasteiger partial charge in [0, 0.05) is 12.8 Å². The highest BCUT2D eigenvalue weighted by atomic mass is 16.5. The second-order valence-corrected chi connectivity index (χ2v) is 4.14. The van der Waals surface area contributed by atoms with Crippen LogP contribution >= 0.6 is 0 Å². The number of esters is 2. The fourth-order valence-electron chi connectivity index (χ4n) is 1.62. The highest BCUT2D eigenvalue weighted by Crippen LogP contribution is 2.16. The van der Waals surface area contributed by atoms with Crippen molar-refractivity contribution >= 4 is 18.2 Å². The van der Waals surface area contributed by atoms with Gasteiger partial charge in [0.1, 0.15) is 5.75 Å². The van der Waals surface area contributed by atoms with E-state index in [1.165, 1.54) is 0 Å². The Bertz CT molecular complexity index is 467. The maximum absolute atomic E-state index is 11.6. The van der Waals surface area contributed by atoms with Crippen molar-refractivity contribution in [3.63, 3.8) is 0 Å². The second-order valence-electron chi connectivity index (χ2n) is 4.14. The summed E-state index contributed by atoms with van der Waals surface area (Å²) in [5.41, 5.74) is 0.340. The molecular formula is C15H18O5. The van der Waals surface area contributed by atoms with Gasteiger partial charge in [-0.1, -0.05) is 12.1 Å². The van der Waals surface area contributed by atoms with Crippen LogP contribution in [-0.2, 0) is 14.3 Å². The number of carbonyl (C=O) groups is 3. The smallest absolute Gasteiger partial charge is 0.311 e. The van der Waals surface area contributed by atoms with E-state index in [0.29, 0.717) is 37.7 Å². The molecule has 0 aliphatic heterocycles. The zero-order valence-electron chi connectivity index (χ0n) is 11.5. The van der Waals surface area contributed by atoms with E-state index in [2.05, 4.69) is 0 Å². The lowest BCUT2D eigenvalue weighted by Crippen LogP contribution is -2.09. The normalized spacial score (nSPS) is 9.85. The van der Waals surface area contributed by atoms with E-state index in [1.54, 1.807) is 31.2 Å². The average molecular weight is 278 g/mol. The molecule has 1 rings (SSSR count). The summed E-state index contributed by atoms with van der Waals surface area (Å²) in [6.07, 6.45) is 2.26. The molecule has 5 nitrogen and oxygen atoms in total. The number of hydrogen-bond acceptors (Lipinski definition) is 5. The van der Waals surface area contributed by atoms with Gasteiger partial charge in [0.25, 0.3) is 0 Å². The van der Waals surface area contributed by atoms with Gasteiger partial charge in [0.2, 0.25) is 0 Å². The highest BCUT2D eigenvalue weighted by Gasteiger charge is 2.09. The van der Waals surface area contributed by atoms with Gasteiger partial charge in [-0.25, -0.2) is 0 Å². The zero-order valence-corrected chi connectivity index (χ0v) is 11.5. The Morgan fingerprint density at radius 2 is 1.75 bits per heavy atom. The Morgan fingerprint density at radius 3 is 2.40 bits per heavy atom. The predicted octanol–water partition coefficient (Wildman–Crippen LogP) is 2.53. The van der Waals surface area contributed by atoms with E-state index >= 15 is 0 Å². The summed E-state index contributed by atoms with van der Waals surface area (Å²) < 4.78 is 9.89. The first kappa shape index (κ1) is 15.9. The molecule has 0 radical (unpaired) electrons. The highest BCUT2D eigenvalue weighted by molar-refractivity contribution is 5.82. The minimum absolute atomic E-state index is 0.201. The Kier molecular flexibility index (Phi) is 7.03. The quantitative estimate of drug-likeness (QED) is 0.316. The number of rotatable bonds is 8. The Balaban J connectivity index is 2.30. The third-order valence-electron chi connectivity index (χ3n) is 2.59. The van der Waals surface area contributed by atoms with Crippen LogP contribution in [0.25, 0.3) is 0 Å². The van der Waals surface area contributed by atoms with Crippen LogP contribution in [0.2, 0.25) is 0 Å². The molecule has 0 N–H and O–H groups in total. The van der Waals surface area contributed by atoms with Crippen LogP contribution in [0.1, 0.15) is 43.0 Å². The maximum Gasteiger partial charge on any atom is 0.311 e.